The molecule has 0 aliphatic carbocycles. The van der Waals surface area contributed by atoms with Crippen molar-refractivity contribution in [2.45, 2.75) is 0 Å². The van der Waals surface area contributed by atoms with Gasteiger partial charge in [-0.3, -0.25) is 0 Å². The monoisotopic (exact) mass is 118 g/mol. The summed E-state index contributed by atoms with van der Waals surface area (Å²) in [6.45, 7) is 0. The van der Waals surface area contributed by atoms with Gasteiger partial charge in [0.2, 0.25) is 0 Å². The van der Waals surface area contributed by atoms with Crippen molar-refractivity contribution in [2.24, 2.45) is 0 Å². The molecule has 0 spiro atoms. The fourth-order valence-corrected chi connectivity index (χ4v) is 0.224. The average molecular weight is 118 g/mol. The molecule has 0 aliphatic rings. The van der Waals surface area contributed by atoms with Gasteiger partial charge >= 0.3 is 27.5 Å². The first-order valence-electron chi connectivity index (χ1n) is 1.38. The molecule has 0 atom stereocenters. The summed E-state index contributed by atoms with van der Waals surface area (Å²) in [6, 6.07) is 0. The van der Waals surface area contributed by atoms with Gasteiger partial charge in [-0.25, -0.2) is 0 Å². The van der Waals surface area contributed by atoms with Gasteiger partial charge in [-0.15, -0.1) is 0 Å². The predicted octanol–water partition coefficient (Wildman–Crippen LogP) is -0.150. The van der Waals surface area contributed by atoms with Crippen molar-refractivity contribution in [3.05, 3.63) is 0 Å². The van der Waals surface area contributed by atoms with E-state index >= 15 is 0 Å². The molecule has 0 bridgehead atoms. The first kappa shape index (κ1) is 10.8. The van der Waals surface area contributed by atoms with E-state index in [9.17, 15) is 0 Å². The predicted molar refractivity (Wildman–Crippen MR) is 30.3 cm³/mol. The van der Waals surface area contributed by atoms with E-state index in [2.05, 4.69) is 9.05 Å². The second-order valence-electron chi connectivity index (χ2n) is 0.603. The molecule has 5 heteroatoms. The van der Waals surface area contributed by atoms with Gasteiger partial charge in [-0.1, -0.05) is 0 Å². The second-order valence-corrected chi connectivity index (χ2v) is 1.81. The maximum absolute atomic E-state index is 8.29. The molecule has 0 aliphatic heterocycles. The van der Waals surface area contributed by atoms with Gasteiger partial charge in [0, 0.05) is 14.2 Å². The third-order valence-electron chi connectivity index (χ3n) is 0.312. The van der Waals surface area contributed by atoms with Crippen LogP contribution in [0.1, 0.15) is 0 Å². The third-order valence-corrected chi connectivity index (χ3v) is 0.937. The summed E-state index contributed by atoms with van der Waals surface area (Å²) in [5.74, 6) is 0. The van der Waals surface area contributed by atoms with Crippen LogP contribution in [0, 0.1) is 0 Å². The van der Waals surface area contributed by atoms with Crippen LogP contribution in [0.25, 0.3) is 0 Å². The van der Waals surface area contributed by atoms with Crippen LogP contribution in [0.3, 0.4) is 0 Å². The molecule has 0 fully saturated rings. The summed E-state index contributed by atoms with van der Waals surface area (Å²) in [4.78, 5) is 8.29. The molecule has 0 heterocycles. The van der Waals surface area contributed by atoms with Crippen molar-refractivity contribution >= 4 is 27.5 Å². The molecule has 0 saturated carbocycles. The number of hydrogen-bond donors (Lipinski definition) is 1. The molecule has 7 heavy (non-hydrogen) atoms. The fourth-order valence-electron chi connectivity index (χ4n) is 0.0745. The Kier molecular flexibility index (Phi) is 10.7. The maximum atomic E-state index is 8.29. The molecule has 0 aromatic rings. The quantitative estimate of drug-likeness (QED) is 0.404. The van der Waals surface area contributed by atoms with E-state index in [4.69, 9.17) is 4.89 Å². The Morgan fingerprint density at radius 3 is 1.57 bits per heavy atom. The van der Waals surface area contributed by atoms with Crippen LogP contribution in [0.5, 0.6) is 0 Å². The zero-order valence-corrected chi connectivity index (χ0v) is 4.61. The van der Waals surface area contributed by atoms with E-state index in [0.29, 0.717) is 0 Å². The zero-order chi connectivity index (χ0) is 4.99. The van der Waals surface area contributed by atoms with Crippen molar-refractivity contribution in [3.8, 4) is 0 Å². The molecule has 0 aromatic carbocycles. The second kappa shape index (κ2) is 6.91. The van der Waals surface area contributed by atoms with E-state index < -0.39 is 8.60 Å². The van der Waals surface area contributed by atoms with Gasteiger partial charge in [-0.2, -0.15) is 0 Å². The van der Waals surface area contributed by atoms with E-state index in [-0.39, 0.29) is 18.9 Å². The van der Waals surface area contributed by atoms with Crippen molar-refractivity contribution in [1.82, 2.24) is 0 Å². The Labute approximate surface area is 56.2 Å². The first-order valence-corrected chi connectivity index (χ1v) is 2.51. The van der Waals surface area contributed by atoms with E-state index in [1.165, 1.54) is 14.2 Å². The minimum absolute atomic E-state index is 0. The third kappa shape index (κ3) is 6.91. The SMILES string of the molecule is COP(O)OC.[LiH]. The number of rotatable bonds is 2. The van der Waals surface area contributed by atoms with Crippen molar-refractivity contribution in [3.63, 3.8) is 0 Å². The van der Waals surface area contributed by atoms with Crippen molar-refractivity contribution in [2.75, 3.05) is 14.2 Å². The summed E-state index contributed by atoms with van der Waals surface area (Å²) in [6.07, 6.45) is 0. The van der Waals surface area contributed by atoms with E-state index in [1.54, 1.807) is 0 Å². The van der Waals surface area contributed by atoms with Crippen LogP contribution < -0.4 is 0 Å². The van der Waals surface area contributed by atoms with E-state index in [0.717, 1.165) is 0 Å². The zero-order valence-electron chi connectivity index (χ0n) is 3.71. The topological polar surface area (TPSA) is 38.7 Å². The Balaban J connectivity index is 0. The van der Waals surface area contributed by atoms with Crippen LogP contribution in [0.15, 0.2) is 0 Å². The van der Waals surface area contributed by atoms with E-state index in [1.807, 2.05) is 0 Å². The number of hydrogen-bond acceptors (Lipinski definition) is 3. The van der Waals surface area contributed by atoms with Crippen LogP contribution in [-0.2, 0) is 9.05 Å². The molecule has 0 saturated heterocycles. The standard InChI is InChI=1S/C2H7O3P.Li.H/c1-4-6(3)5-2;;/h3H,1-2H3;;. The van der Waals surface area contributed by atoms with Gasteiger partial charge in [0.15, 0.2) is 0 Å². The fraction of sp³-hybridized carbons (Fsp3) is 1.00. The van der Waals surface area contributed by atoms with Gasteiger partial charge in [0.25, 0.3) is 0 Å². The molecule has 0 amide bonds. The molecule has 0 rings (SSSR count). The van der Waals surface area contributed by atoms with Crippen LogP contribution in [0.4, 0.5) is 0 Å². The summed E-state index contributed by atoms with van der Waals surface area (Å²) in [7, 11) is 1.19. The average Bonchev–Trinajstić information content (AvgIpc) is 1.65. The Morgan fingerprint density at radius 1 is 1.29 bits per heavy atom. The minimum atomic E-state index is -1.58. The summed E-state index contributed by atoms with van der Waals surface area (Å²) in [5.41, 5.74) is 0. The Morgan fingerprint density at radius 2 is 1.57 bits per heavy atom. The van der Waals surface area contributed by atoms with Gasteiger partial charge in [0.05, 0.1) is 0 Å². The molecule has 0 unspecified atom stereocenters. The molecule has 1 N–H and O–H groups in total. The molecule has 3 nitrogen and oxygen atoms in total. The molecule has 40 valence electrons. The van der Waals surface area contributed by atoms with Crippen molar-refractivity contribution < 1.29 is 13.9 Å². The first-order chi connectivity index (χ1) is 2.81. The van der Waals surface area contributed by atoms with Crippen LogP contribution in [0.2, 0.25) is 0 Å². The summed E-state index contributed by atoms with van der Waals surface area (Å²) < 4.78 is 8.59. The molecule has 0 aromatic heterocycles. The van der Waals surface area contributed by atoms with Gasteiger partial charge < -0.3 is 13.9 Å². The summed E-state index contributed by atoms with van der Waals surface area (Å²) in [5, 5.41) is 0. The normalized spacial score (nSPS) is 8.57. The Bertz CT molecular complexity index is 32.1. The Hall–Kier alpha value is 0.907. The van der Waals surface area contributed by atoms with Gasteiger partial charge in [-0.05, 0) is 0 Å². The van der Waals surface area contributed by atoms with Gasteiger partial charge in [0.1, 0.15) is 0 Å². The van der Waals surface area contributed by atoms with Crippen LogP contribution in [-0.4, -0.2) is 38.0 Å². The van der Waals surface area contributed by atoms with Crippen molar-refractivity contribution in [1.29, 1.82) is 0 Å². The molecular formula is C2H8LiO3P. The van der Waals surface area contributed by atoms with Crippen LogP contribution >= 0.6 is 8.60 Å². The molecule has 0 radical (unpaired) electrons. The summed E-state index contributed by atoms with van der Waals surface area (Å²) >= 11 is 0. The molecular weight excluding hydrogens is 110 g/mol.